The Morgan fingerprint density at radius 3 is 3.06 bits per heavy atom. The van der Waals surface area contributed by atoms with Crippen molar-refractivity contribution >= 4 is 21.8 Å². The molecule has 1 aliphatic heterocycles. The maximum atomic E-state index is 12.0. The molecule has 0 N–H and O–H groups in total. The molecule has 0 radical (unpaired) electrons. The molecule has 1 aliphatic carbocycles. The van der Waals surface area contributed by atoms with Crippen molar-refractivity contribution in [2.45, 2.75) is 25.8 Å². The van der Waals surface area contributed by atoms with Crippen molar-refractivity contribution in [1.29, 1.82) is 0 Å². The van der Waals surface area contributed by atoms with Crippen LogP contribution < -0.4 is 0 Å². The Kier molecular flexibility index (Phi) is 2.46. The van der Waals surface area contributed by atoms with E-state index >= 15 is 0 Å². The first-order chi connectivity index (χ1) is 7.74. The zero-order valence-corrected chi connectivity index (χ0v) is 10.5. The van der Waals surface area contributed by atoms with Gasteiger partial charge in [0.05, 0.1) is 0 Å². The van der Waals surface area contributed by atoms with Gasteiger partial charge in [0.1, 0.15) is 5.69 Å². The topological polar surface area (TPSA) is 33.2 Å². The third-order valence-electron chi connectivity index (χ3n) is 3.29. The predicted octanol–water partition coefficient (Wildman–Crippen LogP) is 2.60. The summed E-state index contributed by atoms with van der Waals surface area (Å²) in [6.07, 6.45) is 5.54. The van der Waals surface area contributed by atoms with Crippen molar-refractivity contribution in [3.63, 3.8) is 0 Å². The molecule has 0 atom stereocenters. The van der Waals surface area contributed by atoms with Crippen LogP contribution in [0.1, 0.15) is 35.3 Å². The monoisotopic (exact) mass is 280 g/mol. The number of pyridine rings is 1. The van der Waals surface area contributed by atoms with E-state index in [0.717, 1.165) is 35.5 Å². The zero-order valence-electron chi connectivity index (χ0n) is 8.95. The smallest absolute Gasteiger partial charge is 0.273 e. The lowest BCUT2D eigenvalue weighted by Gasteiger charge is -2.14. The Balaban J connectivity index is 1.74. The van der Waals surface area contributed by atoms with Crippen LogP contribution in [0.2, 0.25) is 0 Å². The minimum atomic E-state index is 0.100. The molecule has 1 aromatic rings. The van der Waals surface area contributed by atoms with E-state index in [1.165, 1.54) is 12.8 Å². The van der Waals surface area contributed by atoms with Crippen molar-refractivity contribution < 1.29 is 4.79 Å². The summed E-state index contributed by atoms with van der Waals surface area (Å²) in [4.78, 5) is 18.1. The van der Waals surface area contributed by atoms with E-state index in [1.807, 2.05) is 11.0 Å². The Bertz CT molecular complexity index is 443. The van der Waals surface area contributed by atoms with E-state index in [9.17, 15) is 4.79 Å². The fraction of sp³-hybridized carbons (Fsp3) is 0.500. The molecule has 0 saturated heterocycles. The van der Waals surface area contributed by atoms with Gasteiger partial charge in [-0.05, 0) is 34.3 Å². The highest BCUT2D eigenvalue weighted by Gasteiger charge is 2.30. The Hall–Kier alpha value is -0.900. The molecular formula is C12H13BrN2O. The first-order valence-corrected chi connectivity index (χ1v) is 6.47. The Morgan fingerprint density at radius 1 is 1.50 bits per heavy atom. The summed E-state index contributed by atoms with van der Waals surface area (Å²) in [6.45, 7) is 1.62. The second-order valence-corrected chi connectivity index (χ2v) is 5.54. The van der Waals surface area contributed by atoms with Gasteiger partial charge < -0.3 is 4.90 Å². The van der Waals surface area contributed by atoms with Crippen LogP contribution in [0.25, 0.3) is 0 Å². The SMILES string of the molecule is O=C1c2ncc(Br)cc2CN1CCC1CC1. The van der Waals surface area contributed by atoms with Crippen LogP contribution in [0.5, 0.6) is 0 Å². The van der Waals surface area contributed by atoms with Gasteiger partial charge in [0, 0.05) is 29.3 Å². The van der Waals surface area contributed by atoms with Crippen LogP contribution in [0.4, 0.5) is 0 Å². The summed E-state index contributed by atoms with van der Waals surface area (Å²) in [6, 6.07) is 2.00. The minimum absolute atomic E-state index is 0.100. The summed E-state index contributed by atoms with van der Waals surface area (Å²) in [7, 11) is 0. The number of aromatic nitrogens is 1. The molecule has 16 heavy (non-hydrogen) atoms. The maximum Gasteiger partial charge on any atom is 0.273 e. The predicted molar refractivity (Wildman–Crippen MR) is 64.0 cm³/mol. The molecule has 2 heterocycles. The number of hydrogen-bond acceptors (Lipinski definition) is 2. The van der Waals surface area contributed by atoms with E-state index in [4.69, 9.17) is 0 Å². The number of carbonyl (C=O) groups excluding carboxylic acids is 1. The first-order valence-electron chi connectivity index (χ1n) is 5.68. The van der Waals surface area contributed by atoms with Crippen LogP contribution in [0, 0.1) is 5.92 Å². The average molecular weight is 281 g/mol. The number of hydrogen-bond donors (Lipinski definition) is 0. The fourth-order valence-corrected chi connectivity index (χ4v) is 2.53. The molecule has 4 heteroatoms. The van der Waals surface area contributed by atoms with Gasteiger partial charge in [-0.1, -0.05) is 12.8 Å². The van der Waals surface area contributed by atoms with Crippen molar-refractivity contribution in [2.75, 3.05) is 6.54 Å². The molecule has 0 spiro atoms. The lowest BCUT2D eigenvalue weighted by atomic mass is 10.2. The lowest BCUT2D eigenvalue weighted by Crippen LogP contribution is -2.25. The highest BCUT2D eigenvalue weighted by Crippen LogP contribution is 2.33. The van der Waals surface area contributed by atoms with E-state index in [1.54, 1.807) is 6.20 Å². The lowest BCUT2D eigenvalue weighted by molar-refractivity contribution is 0.0770. The quantitative estimate of drug-likeness (QED) is 0.853. The third kappa shape index (κ3) is 1.86. The highest BCUT2D eigenvalue weighted by atomic mass is 79.9. The van der Waals surface area contributed by atoms with Crippen LogP contribution in [-0.2, 0) is 6.54 Å². The molecule has 3 nitrogen and oxygen atoms in total. The Morgan fingerprint density at radius 2 is 2.31 bits per heavy atom. The number of rotatable bonds is 3. The molecule has 1 aromatic heterocycles. The molecule has 0 unspecified atom stereocenters. The van der Waals surface area contributed by atoms with Crippen molar-refractivity contribution in [3.05, 3.63) is 28.0 Å². The molecule has 3 rings (SSSR count). The van der Waals surface area contributed by atoms with Crippen molar-refractivity contribution in [3.8, 4) is 0 Å². The van der Waals surface area contributed by atoms with E-state index in [-0.39, 0.29) is 5.91 Å². The van der Waals surface area contributed by atoms with Crippen LogP contribution in [0.15, 0.2) is 16.7 Å². The van der Waals surface area contributed by atoms with Crippen molar-refractivity contribution in [2.24, 2.45) is 5.92 Å². The first kappa shape index (κ1) is 10.3. The molecule has 1 fully saturated rings. The van der Waals surface area contributed by atoms with Gasteiger partial charge in [0.15, 0.2) is 0 Å². The van der Waals surface area contributed by atoms with Gasteiger partial charge in [-0.25, -0.2) is 4.98 Å². The zero-order chi connectivity index (χ0) is 11.1. The van der Waals surface area contributed by atoms with E-state index in [2.05, 4.69) is 20.9 Å². The van der Waals surface area contributed by atoms with Gasteiger partial charge in [-0.3, -0.25) is 4.79 Å². The maximum absolute atomic E-state index is 12.0. The molecular weight excluding hydrogens is 268 g/mol. The normalized spacial score (nSPS) is 19.1. The summed E-state index contributed by atoms with van der Waals surface area (Å²) >= 11 is 3.38. The molecule has 2 aliphatic rings. The van der Waals surface area contributed by atoms with Gasteiger partial charge in [0.2, 0.25) is 0 Å². The van der Waals surface area contributed by atoms with Crippen LogP contribution in [-0.4, -0.2) is 22.3 Å². The van der Waals surface area contributed by atoms with Crippen LogP contribution >= 0.6 is 15.9 Å². The fourth-order valence-electron chi connectivity index (χ4n) is 2.15. The number of fused-ring (bicyclic) bond motifs is 1. The highest BCUT2D eigenvalue weighted by molar-refractivity contribution is 9.10. The summed E-state index contributed by atoms with van der Waals surface area (Å²) in [5.74, 6) is 0.972. The summed E-state index contributed by atoms with van der Waals surface area (Å²) in [5.41, 5.74) is 1.69. The Labute approximate surface area is 103 Å². The second-order valence-electron chi connectivity index (χ2n) is 4.62. The van der Waals surface area contributed by atoms with Crippen LogP contribution in [0.3, 0.4) is 0 Å². The summed E-state index contributed by atoms with van der Waals surface area (Å²) < 4.78 is 0.947. The number of amides is 1. The molecule has 1 saturated carbocycles. The molecule has 84 valence electrons. The standard InChI is InChI=1S/C12H13BrN2O/c13-10-5-9-7-15(4-3-8-1-2-8)12(16)11(9)14-6-10/h5-6,8H,1-4,7H2. The largest absolute Gasteiger partial charge is 0.333 e. The van der Waals surface area contributed by atoms with Gasteiger partial charge in [-0.2, -0.15) is 0 Å². The second kappa shape index (κ2) is 3.84. The molecule has 0 bridgehead atoms. The summed E-state index contributed by atoms with van der Waals surface area (Å²) in [5, 5.41) is 0. The number of carbonyl (C=O) groups is 1. The van der Waals surface area contributed by atoms with E-state index < -0.39 is 0 Å². The minimum Gasteiger partial charge on any atom is -0.333 e. The number of nitrogens with zero attached hydrogens (tertiary/aromatic N) is 2. The molecule has 1 amide bonds. The number of halogens is 1. The van der Waals surface area contributed by atoms with Crippen molar-refractivity contribution in [1.82, 2.24) is 9.88 Å². The van der Waals surface area contributed by atoms with E-state index in [0.29, 0.717) is 5.69 Å². The van der Waals surface area contributed by atoms with Gasteiger partial charge in [0.25, 0.3) is 5.91 Å². The van der Waals surface area contributed by atoms with Gasteiger partial charge >= 0.3 is 0 Å². The van der Waals surface area contributed by atoms with Gasteiger partial charge in [-0.15, -0.1) is 0 Å². The average Bonchev–Trinajstić information content (AvgIpc) is 3.03. The third-order valence-corrected chi connectivity index (χ3v) is 3.72. The molecule has 0 aromatic carbocycles.